The van der Waals surface area contributed by atoms with Crippen LogP contribution < -0.4 is 4.72 Å². The quantitative estimate of drug-likeness (QED) is 0.900. The molecule has 5 nitrogen and oxygen atoms in total. The van der Waals surface area contributed by atoms with Gasteiger partial charge in [0, 0.05) is 11.6 Å². The van der Waals surface area contributed by atoms with Gasteiger partial charge in [-0.1, -0.05) is 18.2 Å². The minimum Gasteiger partial charge on any atom is -0.332 e. The van der Waals surface area contributed by atoms with Crippen LogP contribution in [0.2, 0.25) is 0 Å². The summed E-state index contributed by atoms with van der Waals surface area (Å²) in [6.45, 7) is 3.23. The second kappa shape index (κ2) is 5.10. The van der Waals surface area contributed by atoms with Crippen molar-refractivity contribution >= 4 is 10.0 Å². The summed E-state index contributed by atoms with van der Waals surface area (Å²) in [7, 11) is -3.74. The van der Waals surface area contributed by atoms with Gasteiger partial charge in [-0.15, -0.1) is 0 Å². The van der Waals surface area contributed by atoms with Gasteiger partial charge in [-0.2, -0.15) is 0 Å². The first-order chi connectivity index (χ1) is 8.90. The van der Waals surface area contributed by atoms with E-state index in [0.717, 1.165) is 0 Å². The Balaban J connectivity index is 2.24. The summed E-state index contributed by atoms with van der Waals surface area (Å²) < 4.78 is 40.0. The van der Waals surface area contributed by atoms with E-state index < -0.39 is 21.9 Å². The summed E-state index contributed by atoms with van der Waals surface area (Å²) in [4.78, 5) is 6.46. The van der Waals surface area contributed by atoms with Crippen molar-refractivity contribution in [1.29, 1.82) is 0 Å². The highest BCUT2D eigenvalue weighted by Crippen LogP contribution is 2.18. The molecule has 0 saturated carbocycles. The molecule has 0 aliphatic carbocycles. The fourth-order valence-corrected chi connectivity index (χ4v) is 2.91. The van der Waals surface area contributed by atoms with Gasteiger partial charge in [0.25, 0.3) is 10.0 Å². The van der Waals surface area contributed by atoms with Gasteiger partial charge in [-0.25, -0.2) is 22.5 Å². The first-order valence-electron chi connectivity index (χ1n) is 5.68. The zero-order valence-corrected chi connectivity index (χ0v) is 11.3. The Kier molecular flexibility index (Phi) is 3.68. The highest BCUT2D eigenvalue weighted by atomic mass is 32.2. The molecule has 0 spiro atoms. The highest BCUT2D eigenvalue weighted by molar-refractivity contribution is 7.89. The topological polar surface area (TPSA) is 74.8 Å². The van der Waals surface area contributed by atoms with Crippen LogP contribution in [0.3, 0.4) is 0 Å². The predicted molar refractivity (Wildman–Crippen MR) is 68.5 cm³/mol. The van der Waals surface area contributed by atoms with E-state index in [1.54, 1.807) is 32.0 Å². The first-order valence-corrected chi connectivity index (χ1v) is 7.17. The van der Waals surface area contributed by atoms with Gasteiger partial charge in [0.15, 0.2) is 5.03 Å². The maximum atomic E-state index is 13.6. The summed E-state index contributed by atoms with van der Waals surface area (Å²) in [6, 6.07) is 5.37. The normalized spacial score (nSPS) is 13.4. The molecule has 0 fully saturated rings. The lowest BCUT2D eigenvalue weighted by atomic mass is 10.1. The van der Waals surface area contributed by atoms with E-state index >= 15 is 0 Å². The number of hydrogen-bond acceptors (Lipinski definition) is 3. The largest absolute Gasteiger partial charge is 0.332 e. The van der Waals surface area contributed by atoms with Crippen molar-refractivity contribution in [3.05, 3.63) is 47.7 Å². The Bertz CT molecular complexity index is 682. The molecule has 1 atom stereocenters. The van der Waals surface area contributed by atoms with Gasteiger partial charge >= 0.3 is 0 Å². The molecule has 1 aromatic heterocycles. The zero-order chi connectivity index (χ0) is 14.0. The van der Waals surface area contributed by atoms with Crippen LogP contribution in [0, 0.1) is 12.7 Å². The van der Waals surface area contributed by atoms with Gasteiger partial charge in [0.2, 0.25) is 0 Å². The highest BCUT2D eigenvalue weighted by Gasteiger charge is 2.21. The van der Waals surface area contributed by atoms with E-state index in [-0.39, 0.29) is 5.03 Å². The minimum atomic E-state index is -3.74. The molecule has 7 heteroatoms. The smallest absolute Gasteiger partial charge is 0.258 e. The van der Waals surface area contributed by atoms with Crippen molar-refractivity contribution in [2.24, 2.45) is 0 Å². The monoisotopic (exact) mass is 283 g/mol. The Morgan fingerprint density at radius 2 is 2.05 bits per heavy atom. The first kappa shape index (κ1) is 13.7. The third-order valence-electron chi connectivity index (χ3n) is 2.67. The Morgan fingerprint density at radius 3 is 2.63 bits per heavy atom. The molecule has 1 heterocycles. The minimum absolute atomic E-state index is 0.0341. The van der Waals surface area contributed by atoms with E-state index in [4.69, 9.17) is 0 Å². The van der Waals surface area contributed by atoms with Gasteiger partial charge < -0.3 is 4.98 Å². The third-order valence-corrected chi connectivity index (χ3v) is 4.12. The van der Waals surface area contributed by atoms with E-state index in [2.05, 4.69) is 14.7 Å². The molecular weight excluding hydrogens is 269 g/mol. The second-order valence-electron chi connectivity index (χ2n) is 4.20. The third kappa shape index (κ3) is 2.99. The van der Waals surface area contributed by atoms with Crippen molar-refractivity contribution in [2.75, 3.05) is 0 Å². The molecule has 0 saturated heterocycles. The van der Waals surface area contributed by atoms with Gasteiger partial charge in [0.05, 0.1) is 6.20 Å². The number of nitrogens with zero attached hydrogens (tertiary/aromatic N) is 1. The number of rotatable bonds is 4. The van der Waals surface area contributed by atoms with Crippen LogP contribution in [-0.2, 0) is 10.0 Å². The van der Waals surface area contributed by atoms with Crippen LogP contribution in [0.1, 0.15) is 24.4 Å². The summed E-state index contributed by atoms with van der Waals surface area (Å²) in [6.07, 6.45) is 1.23. The number of aromatic amines is 1. The zero-order valence-electron chi connectivity index (χ0n) is 10.5. The number of halogens is 1. The van der Waals surface area contributed by atoms with Crippen LogP contribution >= 0.6 is 0 Å². The molecule has 0 bridgehead atoms. The SMILES string of the molecule is Cc1ncc(S(=O)(=O)NC(C)c2ccccc2F)[nH]1. The molecular formula is C12H14FN3O2S. The molecule has 0 amide bonds. The van der Waals surface area contributed by atoms with Crippen molar-refractivity contribution in [3.8, 4) is 0 Å². The predicted octanol–water partition coefficient (Wildman–Crippen LogP) is 1.90. The average Bonchev–Trinajstić information content (AvgIpc) is 2.76. The lowest BCUT2D eigenvalue weighted by Gasteiger charge is -2.14. The number of nitrogens with one attached hydrogen (secondary N) is 2. The van der Waals surface area contributed by atoms with E-state index in [9.17, 15) is 12.8 Å². The summed E-state index contributed by atoms with van der Waals surface area (Å²) in [5.74, 6) is 0.0532. The van der Waals surface area contributed by atoms with E-state index in [1.165, 1.54) is 12.3 Å². The van der Waals surface area contributed by atoms with Crippen molar-refractivity contribution in [1.82, 2.24) is 14.7 Å². The fourth-order valence-electron chi connectivity index (χ4n) is 1.72. The van der Waals surface area contributed by atoms with Crippen LogP contribution in [0.4, 0.5) is 4.39 Å². The van der Waals surface area contributed by atoms with Crippen LogP contribution in [0.25, 0.3) is 0 Å². The fraction of sp³-hybridized carbons (Fsp3) is 0.250. The molecule has 0 radical (unpaired) electrons. The van der Waals surface area contributed by atoms with Gasteiger partial charge in [-0.05, 0) is 19.9 Å². The number of aromatic nitrogens is 2. The van der Waals surface area contributed by atoms with Gasteiger partial charge in [0.1, 0.15) is 11.6 Å². The number of hydrogen-bond donors (Lipinski definition) is 2. The summed E-state index contributed by atoms with van der Waals surface area (Å²) in [5.41, 5.74) is 0.294. The van der Waals surface area contributed by atoms with Crippen LogP contribution in [0.5, 0.6) is 0 Å². The Hall–Kier alpha value is -1.73. The standard InChI is InChI=1S/C12H14FN3O2S/c1-8(10-5-3-4-6-11(10)13)16-19(17,18)12-7-14-9(2)15-12/h3-8,16H,1-2H3,(H,14,15). The Morgan fingerprint density at radius 1 is 1.37 bits per heavy atom. The summed E-state index contributed by atoms with van der Waals surface area (Å²) in [5, 5.41) is -0.0341. The van der Waals surface area contributed by atoms with Crippen LogP contribution in [-0.4, -0.2) is 18.4 Å². The van der Waals surface area contributed by atoms with Crippen molar-refractivity contribution in [3.63, 3.8) is 0 Å². The molecule has 2 rings (SSSR count). The maximum Gasteiger partial charge on any atom is 0.258 e. The van der Waals surface area contributed by atoms with Gasteiger partial charge in [-0.3, -0.25) is 0 Å². The maximum absolute atomic E-state index is 13.6. The molecule has 2 N–H and O–H groups in total. The molecule has 0 aliphatic heterocycles. The molecule has 0 aliphatic rings. The van der Waals surface area contributed by atoms with Crippen LogP contribution in [0.15, 0.2) is 35.5 Å². The van der Waals surface area contributed by atoms with Crippen molar-refractivity contribution in [2.45, 2.75) is 24.9 Å². The molecule has 19 heavy (non-hydrogen) atoms. The number of H-pyrrole nitrogens is 1. The lowest BCUT2D eigenvalue weighted by molar-refractivity contribution is 0.547. The number of aryl methyl sites for hydroxylation is 1. The second-order valence-corrected chi connectivity index (χ2v) is 5.88. The lowest BCUT2D eigenvalue weighted by Crippen LogP contribution is -2.27. The van der Waals surface area contributed by atoms with E-state index in [1.807, 2.05) is 0 Å². The molecule has 1 unspecified atom stereocenters. The average molecular weight is 283 g/mol. The number of imidazole rings is 1. The molecule has 102 valence electrons. The number of sulfonamides is 1. The molecule has 2 aromatic rings. The van der Waals surface area contributed by atoms with Crippen molar-refractivity contribution < 1.29 is 12.8 Å². The molecule has 1 aromatic carbocycles. The van der Waals surface area contributed by atoms with E-state index in [0.29, 0.717) is 11.4 Å². The number of benzene rings is 1. The Labute approximate surface area is 110 Å². The summed E-state index contributed by atoms with van der Waals surface area (Å²) >= 11 is 0.